The molecule has 1 fully saturated rings. The van der Waals surface area contributed by atoms with Gasteiger partial charge in [0.05, 0.1) is 40.9 Å². The van der Waals surface area contributed by atoms with Gasteiger partial charge in [0.15, 0.2) is 23.2 Å². The van der Waals surface area contributed by atoms with Crippen molar-refractivity contribution in [2.45, 2.75) is 31.6 Å². The molecule has 248 valence electrons. The molecule has 1 heterocycles. The Bertz CT molecular complexity index is 2240. The van der Waals surface area contributed by atoms with Crippen LogP contribution in [0, 0.1) is 44.4 Å². The van der Waals surface area contributed by atoms with Crippen molar-refractivity contribution < 1.29 is 53.4 Å². The van der Waals surface area contributed by atoms with Crippen LogP contribution in [0.5, 0.6) is 0 Å². The quantitative estimate of drug-likeness (QED) is 0.189. The predicted molar refractivity (Wildman–Crippen MR) is 148 cm³/mol. The Morgan fingerprint density at radius 3 is 1.41 bits per heavy atom. The highest BCUT2D eigenvalue weighted by atomic mass is 19.4. The lowest BCUT2D eigenvalue weighted by atomic mass is 9.91. The summed E-state index contributed by atoms with van der Waals surface area (Å²) in [6.45, 7) is 0.338. The molecule has 1 unspecified atom stereocenters. The number of nitriles is 3. The summed E-state index contributed by atoms with van der Waals surface area (Å²) in [5, 5.41) is 33.3. The van der Waals surface area contributed by atoms with Gasteiger partial charge in [-0.15, -0.1) is 26.3 Å². The van der Waals surface area contributed by atoms with Crippen LogP contribution < -0.4 is 15.8 Å². The second-order valence-corrected chi connectivity index (χ2v) is 10.9. The summed E-state index contributed by atoms with van der Waals surface area (Å²) in [4.78, 5) is 0. The van der Waals surface area contributed by atoms with Crippen molar-refractivity contribution in [3.8, 4) is 18.2 Å². The zero-order chi connectivity index (χ0) is 35.6. The van der Waals surface area contributed by atoms with Crippen LogP contribution >= 0.6 is 0 Å². The molecule has 0 amide bonds. The summed E-state index contributed by atoms with van der Waals surface area (Å²) in [6, 6.07) is 10.4. The van der Waals surface area contributed by atoms with Gasteiger partial charge in [-0.25, -0.2) is 8.78 Å². The van der Waals surface area contributed by atoms with Crippen LogP contribution in [0.15, 0.2) is 76.8 Å². The summed E-state index contributed by atoms with van der Waals surface area (Å²) < 4.78 is 143. The number of ether oxygens (including phenoxy) is 2. The molecular formula is C33H14F10N4O2. The van der Waals surface area contributed by atoms with Gasteiger partial charge in [-0.1, -0.05) is 0 Å². The van der Waals surface area contributed by atoms with Gasteiger partial charge < -0.3 is 14.8 Å². The van der Waals surface area contributed by atoms with Crippen LogP contribution in [0.4, 0.5) is 43.9 Å². The third-order valence-electron chi connectivity index (χ3n) is 7.89. The minimum Gasteiger partial charge on any atom is -0.403 e. The zero-order valence-corrected chi connectivity index (χ0v) is 24.1. The lowest BCUT2D eigenvalue weighted by Crippen LogP contribution is -2.18. The lowest BCUT2D eigenvalue weighted by Gasteiger charge is -2.17. The molecule has 16 heteroatoms. The van der Waals surface area contributed by atoms with E-state index in [0.29, 0.717) is 18.7 Å². The molecule has 0 spiro atoms. The Hall–Kier alpha value is -5.79. The molecule has 1 saturated heterocycles. The highest BCUT2D eigenvalue weighted by Crippen LogP contribution is 2.39. The molecule has 49 heavy (non-hydrogen) atoms. The Balaban J connectivity index is 1.69. The van der Waals surface area contributed by atoms with Crippen LogP contribution in [-0.2, 0) is 9.47 Å². The molecule has 0 saturated carbocycles. The van der Waals surface area contributed by atoms with Crippen LogP contribution in [0.25, 0.3) is 16.7 Å². The van der Waals surface area contributed by atoms with E-state index < -0.39 is 66.4 Å². The van der Waals surface area contributed by atoms with Gasteiger partial charge in [-0.2, -0.15) is 24.6 Å². The van der Waals surface area contributed by atoms with Crippen LogP contribution in [0.2, 0.25) is 0 Å². The number of benzene rings is 2. The molecule has 0 radical (unpaired) electrons. The van der Waals surface area contributed by atoms with E-state index in [9.17, 15) is 59.7 Å². The fourth-order valence-corrected chi connectivity index (χ4v) is 5.83. The Kier molecular flexibility index (Phi) is 7.92. The third kappa shape index (κ3) is 6.17. The second-order valence-electron chi connectivity index (χ2n) is 10.9. The maximum atomic E-state index is 14.6. The largest absolute Gasteiger partial charge is 0.573 e. The highest BCUT2D eigenvalue weighted by molar-refractivity contribution is 5.90. The molecule has 6 rings (SSSR count). The van der Waals surface area contributed by atoms with Gasteiger partial charge in [-0.05, 0) is 79.6 Å². The third-order valence-corrected chi connectivity index (χ3v) is 7.89. The Morgan fingerprint density at radius 2 is 1.08 bits per heavy atom. The summed E-state index contributed by atoms with van der Waals surface area (Å²) in [6.07, 6.45) is -11.3. The van der Waals surface area contributed by atoms with Crippen molar-refractivity contribution in [2.24, 2.45) is 0 Å². The lowest BCUT2D eigenvalue weighted by molar-refractivity contribution is -0.305. The summed E-state index contributed by atoms with van der Waals surface area (Å²) in [7, 11) is 0. The van der Waals surface area contributed by atoms with Gasteiger partial charge in [0, 0.05) is 25.0 Å². The first-order valence-electron chi connectivity index (χ1n) is 13.8. The number of fused-ring (bicyclic) bond motifs is 2. The monoisotopic (exact) mass is 688 g/mol. The minimum absolute atomic E-state index is 0.108. The Labute approximate surface area is 267 Å². The number of halogens is 10. The molecule has 0 bridgehead atoms. The predicted octanol–water partition coefficient (Wildman–Crippen LogP) is 6.58. The second kappa shape index (κ2) is 11.7. The first kappa shape index (κ1) is 33.1. The fourth-order valence-electron chi connectivity index (χ4n) is 5.83. The van der Waals surface area contributed by atoms with Gasteiger partial charge in [0.2, 0.25) is 0 Å². The van der Waals surface area contributed by atoms with E-state index in [1.807, 2.05) is 12.1 Å². The van der Waals surface area contributed by atoms with Crippen LogP contribution in [0.3, 0.4) is 0 Å². The average molecular weight is 688 g/mol. The van der Waals surface area contributed by atoms with Crippen LogP contribution in [0.1, 0.15) is 35.1 Å². The first-order chi connectivity index (χ1) is 23.0. The molecule has 4 aliphatic rings. The minimum atomic E-state index is -5.38. The van der Waals surface area contributed by atoms with E-state index in [-0.39, 0.29) is 65.4 Å². The van der Waals surface area contributed by atoms with Crippen molar-refractivity contribution in [1.82, 2.24) is 5.32 Å². The molecule has 0 aromatic heterocycles. The maximum absolute atomic E-state index is 14.6. The molecular weight excluding hydrogens is 674 g/mol. The van der Waals surface area contributed by atoms with Gasteiger partial charge in [0.25, 0.3) is 0 Å². The molecule has 2 aromatic rings. The van der Waals surface area contributed by atoms with Crippen molar-refractivity contribution in [3.63, 3.8) is 0 Å². The SMILES string of the molecule is N#CC(=C1c2cc(=C3C=C(OC(F)(F)F)C(F)=C(F)C3)c(C#N)cc2=c2cc(C#N)c(=C3C=C(OC(F)(F)F)C(F)=C(F)C3)cc21)C1CN1. The van der Waals surface area contributed by atoms with E-state index in [0.717, 1.165) is 0 Å². The number of nitrogens with zero attached hydrogens (tertiary/aromatic N) is 3. The zero-order valence-electron chi connectivity index (χ0n) is 24.1. The number of nitrogens with one attached hydrogen (secondary N) is 1. The fraction of sp³-hybridized carbons (Fsp3) is 0.182. The average Bonchev–Trinajstić information content (AvgIpc) is 3.82. The molecule has 2 aromatic carbocycles. The molecule has 1 N–H and O–H groups in total. The van der Waals surface area contributed by atoms with E-state index in [1.54, 1.807) is 0 Å². The summed E-state index contributed by atoms with van der Waals surface area (Å²) in [5.74, 6) is -9.95. The van der Waals surface area contributed by atoms with Crippen molar-refractivity contribution >= 4 is 16.7 Å². The maximum Gasteiger partial charge on any atom is 0.573 e. The van der Waals surface area contributed by atoms with Crippen LogP contribution in [-0.4, -0.2) is 25.3 Å². The van der Waals surface area contributed by atoms with Crippen molar-refractivity contribution in [3.05, 3.63) is 120 Å². The van der Waals surface area contributed by atoms with E-state index >= 15 is 0 Å². The smallest absolute Gasteiger partial charge is 0.403 e. The normalized spacial score (nSPS) is 20.8. The van der Waals surface area contributed by atoms with E-state index in [4.69, 9.17) is 0 Å². The van der Waals surface area contributed by atoms with Gasteiger partial charge in [0.1, 0.15) is 11.7 Å². The first-order valence-corrected chi connectivity index (χ1v) is 13.8. The number of hydrogen-bond donors (Lipinski definition) is 1. The summed E-state index contributed by atoms with van der Waals surface area (Å²) in [5.41, 5.74) is -0.341. The van der Waals surface area contributed by atoms with Gasteiger partial charge in [-0.3, -0.25) is 0 Å². The standard InChI is InChI=1S/C33H14F10N4O2/c34-24-3-13(5-27(30(24)36)48-32(38,39)40)17-7-21-19(1-15(17)9-44)20-2-16(10-45)18(8-22(20)29(21)23(11-46)26-12-47-26)14-4-25(35)31(37)28(6-14)49-33(41,42)43/h1-2,5-8,26,47H,3-4,12H2. The van der Waals surface area contributed by atoms with Gasteiger partial charge >= 0.3 is 12.7 Å². The number of allylic oxidation sites excluding steroid dienone is 6. The highest BCUT2D eigenvalue weighted by Gasteiger charge is 2.38. The van der Waals surface area contributed by atoms with E-state index in [2.05, 4.69) is 20.9 Å². The van der Waals surface area contributed by atoms with E-state index in [1.165, 1.54) is 24.3 Å². The Morgan fingerprint density at radius 1 is 0.673 bits per heavy atom. The molecule has 1 atom stereocenters. The molecule has 1 aliphatic heterocycles. The molecule has 6 nitrogen and oxygen atoms in total. The topological polar surface area (TPSA) is 112 Å². The van der Waals surface area contributed by atoms with Crippen molar-refractivity contribution in [2.75, 3.05) is 6.54 Å². The number of hydrogen-bond acceptors (Lipinski definition) is 6. The summed E-state index contributed by atoms with van der Waals surface area (Å²) >= 11 is 0. The number of rotatable bonds is 3. The number of alkyl halides is 6. The van der Waals surface area contributed by atoms with Crippen molar-refractivity contribution in [1.29, 1.82) is 15.8 Å². The molecule has 3 aliphatic carbocycles.